The van der Waals surface area contributed by atoms with Crippen molar-refractivity contribution in [1.29, 1.82) is 0 Å². The summed E-state index contributed by atoms with van der Waals surface area (Å²) in [5, 5.41) is 14.8. The lowest BCUT2D eigenvalue weighted by atomic mass is 9.89. The van der Waals surface area contributed by atoms with Gasteiger partial charge < -0.3 is 4.74 Å². The molecule has 0 saturated carbocycles. The molecule has 0 radical (unpaired) electrons. The molecule has 3 aromatic carbocycles. The van der Waals surface area contributed by atoms with E-state index in [2.05, 4.69) is 5.32 Å². The standard InChI is InChI=1S/C25H19ClN2O5/c1-33-24(30)25(18-8-5-9-19(26)14-18)15-21(23(29)17-6-3-2-4-7-17)22(27-25)16-10-12-20(13-11-16)28(31)32/h2-15,22,27H,1H3/t22-,25+/m0/s1. The fourth-order valence-electron chi connectivity index (χ4n) is 3.97. The molecule has 0 unspecified atom stereocenters. The van der Waals surface area contributed by atoms with E-state index in [1.54, 1.807) is 72.8 Å². The average molecular weight is 463 g/mol. The molecular weight excluding hydrogens is 444 g/mol. The summed E-state index contributed by atoms with van der Waals surface area (Å²) in [6.45, 7) is 0. The van der Waals surface area contributed by atoms with E-state index >= 15 is 0 Å². The monoisotopic (exact) mass is 462 g/mol. The minimum absolute atomic E-state index is 0.0780. The van der Waals surface area contributed by atoms with Crippen molar-refractivity contribution in [3.05, 3.63) is 122 Å². The lowest BCUT2D eigenvalue weighted by molar-refractivity contribution is -0.384. The molecule has 4 rings (SSSR count). The zero-order valence-corrected chi connectivity index (χ0v) is 18.3. The van der Waals surface area contributed by atoms with Gasteiger partial charge in [-0.1, -0.05) is 66.2 Å². The molecule has 8 heteroatoms. The van der Waals surface area contributed by atoms with Crippen LogP contribution in [0.5, 0.6) is 0 Å². The smallest absolute Gasteiger partial charge is 0.334 e. The highest BCUT2D eigenvalue weighted by Gasteiger charge is 2.49. The Hall–Kier alpha value is -3.81. The summed E-state index contributed by atoms with van der Waals surface area (Å²) in [6.07, 6.45) is 1.56. The molecule has 0 aromatic heterocycles. The van der Waals surface area contributed by atoms with Gasteiger partial charge in [-0.05, 0) is 29.3 Å². The summed E-state index contributed by atoms with van der Waals surface area (Å²) in [5.41, 5.74) is 0.301. The second-order valence-electron chi connectivity index (χ2n) is 7.53. The molecule has 1 heterocycles. The zero-order chi connectivity index (χ0) is 23.6. The predicted octanol–water partition coefficient (Wildman–Crippen LogP) is 4.77. The van der Waals surface area contributed by atoms with Gasteiger partial charge in [0.1, 0.15) is 0 Å². The number of ketones is 1. The van der Waals surface area contributed by atoms with Crippen molar-refractivity contribution in [2.75, 3.05) is 7.11 Å². The van der Waals surface area contributed by atoms with E-state index < -0.39 is 22.5 Å². The molecule has 2 atom stereocenters. The van der Waals surface area contributed by atoms with E-state index in [4.69, 9.17) is 16.3 Å². The summed E-state index contributed by atoms with van der Waals surface area (Å²) in [6, 6.07) is 20.5. The second-order valence-corrected chi connectivity index (χ2v) is 7.97. The van der Waals surface area contributed by atoms with Gasteiger partial charge in [-0.15, -0.1) is 0 Å². The molecule has 1 N–H and O–H groups in total. The Morgan fingerprint density at radius 3 is 2.33 bits per heavy atom. The number of ether oxygens (including phenoxy) is 1. The molecule has 0 aliphatic carbocycles. The van der Waals surface area contributed by atoms with Crippen molar-refractivity contribution >= 4 is 29.0 Å². The van der Waals surface area contributed by atoms with Crippen molar-refractivity contribution in [3.8, 4) is 0 Å². The number of nitro groups is 1. The lowest BCUT2D eigenvalue weighted by Gasteiger charge is -2.28. The first-order valence-corrected chi connectivity index (χ1v) is 10.4. The molecule has 0 bridgehead atoms. The highest BCUT2D eigenvalue weighted by Crippen LogP contribution is 2.41. The van der Waals surface area contributed by atoms with Gasteiger partial charge in [-0.25, -0.2) is 4.79 Å². The maximum atomic E-state index is 13.5. The molecular formula is C25H19ClN2O5. The number of non-ortho nitro benzene ring substituents is 1. The van der Waals surface area contributed by atoms with Crippen LogP contribution in [0.2, 0.25) is 5.02 Å². The van der Waals surface area contributed by atoms with Crippen LogP contribution in [0.25, 0.3) is 0 Å². The van der Waals surface area contributed by atoms with E-state index in [-0.39, 0.29) is 11.5 Å². The molecule has 0 saturated heterocycles. The van der Waals surface area contributed by atoms with Gasteiger partial charge in [-0.2, -0.15) is 0 Å². The van der Waals surface area contributed by atoms with Crippen LogP contribution in [0.3, 0.4) is 0 Å². The van der Waals surface area contributed by atoms with Gasteiger partial charge >= 0.3 is 5.97 Å². The summed E-state index contributed by atoms with van der Waals surface area (Å²) >= 11 is 6.20. The van der Waals surface area contributed by atoms with Crippen LogP contribution >= 0.6 is 11.6 Å². The zero-order valence-electron chi connectivity index (χ0n) is 17.5. The third-order valence-corrected chi connectivity index (χ3v) is 5.81. The Bertz CT molecular complexity index is 1260. The summed E-state index contributed by atoms with van der Waals surface area (Å²) in [5.74, 6) is -0.896. The van der Waals surface area contributed by atoms with Gasteiger partial charge in [0.25, 0.3) is 5.69 Å². The average Bonchev–Trinajstić information content (AvgIpc) is 3.26. The van der Waals surface area contributed by atoms with Crippen LogP contribution in [-0.4, -0.2) is 23.8 Å². The number of carbonyl (C=O) groups is 2. The number of halogens is 1. The first-order chi connectivity index (χ1) is 15.9. The minimum atomic E-state index is -1.48. The fourth-order valence-corrected chi connectivity index (χ4v) is 4.16. The van der Waals surface area contributed by atoms with E-state index in [1.165, 1.54) is 19.2 Å². The van der Waals surface area contributed by atoms with E-state index in [0.717, 1.165) is 0 Å². The minimum Gasteiger partial charge on any atom is -0.467 e. The number of nitrogens with zero attached hydrogens (tertiary/aromatic N) is 1. The number of carbonyl (C=O) groups excluding carboxylic acids is 2. The maximum Gasteiger partial charge on any atom is 0.334 e. The Labute approximate surface area is 194 Å². The van der Waals surface area contributed by atoms with Gasteiger partial charge in [-0.3, -0.25) is 20.2 Å². The lowest BCUT2D eigenvalue weighted by Crippen LogP contribution is -2.46. The Balaban J connectivity index is 1.89. The number of nitro benzene ring substituents is 1. The quantitative estimate of drug-likeness (QED) is 0.245. The highest BCUT2D eigenvalue weighted by atomic mass is 35.5. The van der Waals surface area contributed by atoms with Crippen molar-refractivity contribution < 1.29 is 19.2 Å². The molecule has 7 nitrogen and oxygen atoms in total. The van der Waals surface area contributed by atoms with E-state index in [9.17, 15) is 19.7 Å². The number of benzene rings is 3. The van der Waals surface area contributed by atoms with Crippen LogP contribution in [0, 0.1) is 10.1 Å². The molecule has 3 aromatic rings. The topological polar surface area (TPSA) is 98.5 Å². The van der Waals surface area contributed by atoms with Crippen molar-refractivity contribution in [1.82, 2.24) is 5.32 Å². The number of nitrogens with one attached hydrogen (secondary N) is 1. The number of hydrogen-bond donors (Lipinski definition) is 1. The molecule has 0 fully saturated rings. The summed E-state index contributed by atoms with van der Waals surface area (Å²) in [7, 11) is 1.27. The third-order valence-electron chi connectivity index (χ3n) is 5.58. The first-order valence-electron chi connectivity index (χ1n) is 10.0. The van der Waals surface area contributed by atoms with E-state index in [0.29, 0.717) is 27.3 Å². The van der Waals surface area contributed by atoms with Crippen molar-refractivity contribution in [2.45, 2.75) is 11.6 Å². The number of hydrogen-bond acceptors (Lipinski definition) is 6. The predicted molar refractivity (Wildman–Crippen MR) is 123 cm³/mol. The van der Waals surface area contributed by atoms with Crippen molar-refractivity contribution in [3.63, 3.8) is 0 Å². The van der Waals surface area contributed by atoms with Crippen LogP contribution in [0.4, 0.5) is 5.69 Å². The molecule has 33 heavy (non-hydrogen) atoms. The van der Waals surface area contributed by atoms with Crippen LogP contribution in [0.15, 0.2) is 90.5 Å². The number of Topliss-reactive ketones (excluding diaryl/α,β-unsaturated/α-hetero) is 1. The summed E-state index contributed by atoms with van der Waals surface area (Å²) < 4.78 is 5.11. The number of rotatable bonds is 6. The van der Waals surface area contributed by atoms with Gasteiger partial charge in [0.15, 0.2) is 11.3 Å². The number of methoxy groups -OCH3 is 1. The Morgan fingerprint density at radius 2 is 1.73 bits per heavy atom. The largest absolute Gasteiger partial charge is 0.467 e. The van der Waals surface area contributed by atoms with Gasteiger partial charge in [0.05, 0.1) is 18.1 Å². The Kier molecular flexibility index (Phi) is 6.09. The number of esters is 1. The fraction of sp³-hybridized carbons (Fsp3) is 0.120. The van der Waals surface area contributed by atoms with Crippen LogP contribution in [0.1, 0.15) is 27.5 Å². The maximum absolute atomic E-state index is 13.5. The molecule has 166 valence electrons. The van der Waals surface area contributed by atoms with Crippen molar-refractivity contribution in [2.24, 2.45) is 0 Å². The summed E-state index contributed by atoms with van der Waals surface area (Å²) in [4.78, 5) is 37.2. The van der Waals surface area contributed by atoms with Crippen LogP contribution < -0.4 is 5.32 Å². The molecule has 1 aliphatic rings. The van der Waals surface area contributed by atoms with Gasteiger partial charge in [0.2, 0.25) is 0 Å². The van der Waals surface area contributed by atoms with Gasteiger partial charge in [0, 0.05) is 28.3 Å². The molecule has 0 spiro atoms. The highest BCUT2D eigenvalue weighted by molar-refractivity contribution is 6.30. The van der Waals surface area contributed by atoms with E-state index in [1.807, 2.05) is 0 Å². The molecule has 1 aliphatic heterocycles. The SMILES string of the molecule is COC(=O)[C@]1(c2cccc(Cl)c2)C=C(C(=O)c2ccccc2)[C@H](c2ccc([N+](=O)[O-])cc2)N1. The normalized spacial score (nSPS) is 19.6. The van der Waals surface area contributed by atoms with Crippen LogP contribution in [-0.2, 0) is 15.1 Å². The second kappa shape index (κ2) is 8.97. The molecule has 0 amide bonds. The Morgan fingerprint density at radius 1 is 1.03 bits per heavy atom. The first kappa shape index (κ1) is 22.4. The third kappa shape index (κ3) is 4.16.